The Balaban J connectivity index is 1.51. The molecule has 0 radical (unpaired) electrons. The number of hydrogen-bond donors (Lipinski definition) is 1. The second-order valence-electron chi connectivity index (χ2n) is 5.80. The minimum Gasteiger partial charge on any atom is -0.456 e. The van der Waals surface area contributed by atoms with Gasteiger partial charge in [0.25, 0.3) is 5.91 Å². The summed E-state index contributed by atoms with van der Waals surface area (Å²) in [5.41, 5.74) is 0.695. The summed E-state index contributed by atoms with van der Waals surface area (Å²) >= 11 is 5.77. The van der Waals surface area contributed by atoms with Crippen molar-refractivity contribution in [1.82, 2.24) is 5.32 Å². The van der Waals surface area contributed by atoms with Gasteiger partial charge in [0.15, 0.2) is 23.9 Å². The van der Waals surface area contributed by atoms with Gasteiger partial charge in [0.2, 0.25) is 6.79 Å². The van der Waals surface area contributed by atoms with Crippen molar-refractivity contribution >= 4 is 29.3 Å². The van der Waals surface area contributed by atoms with Crippen molar-refractivity contribution in [3.63, 3.8) is 0 Å². The standard InChI is InChI=1S/C19H16ClNO6/c1-11(21-18(23)12-2-5-14(20)6-3-12)19(24)25-9-15(22)13-4-7-16-17(8-13)27-10-26-16/h2-8,11H,9-10H2,1H3,(H,21,23)/t11-/m0/s1. The largest absolute Gasteiger partial charge is 0.456 e. The molecule has 0 saturated carbocycles. The lowest BCUT2D eigenvalue weighted by Gasteiger charge is -2.13. The molecular weight excluding hydrogens is 374 g/mol. The van der Waals surface area contributed by atoms with Crippen LogP contribution < -0.4 is 14.8 Å². The number of ether oxygens (including phenoxy) is 3. The maximum atomic E-state index is 12.2. The first-order valence-electron chi connectivity index (χ1n) is 8.10. The Bertz CT molecular complexity index is 880. The number of hydrogen-bond acceptors (Lipinski definition) is 6. The Morgan fingerprint density at radius 3 is 2.48 bits per heavy atom. The highest BCUT2D eigenvalue weighted by molar-refractivity contribution is 6.30. The number of rotatable bonds is 6. The van der Waals surface area contributed by atoms with Gasteiger partial charge in [-0.15, -0.1) is 0 Å². The molecule has 7 nitrogen and oxygen atoms in total. The highest BCUT2D eigenvalue weighted by Gasteiger charge is 2.21. The number of benzene rings is 2. The van der Waals surface area contributed by atoms with Crippen molar-refractivity contribution in [2.24, 2.45) is 0 Å². The molecule has 0 fully saturated rings. The molecule has 0 aliphatic carbocycles. The number of carbonyl (C=O) groups excluding carboxylic acids is 3. The van der Waals surface area contributed by atoms with Crippen molar-refractivity contribution in [2.45, 2.75) is 13.0 Å². The molecule has 2 aromatic carbocycles. The number of nitrogens with one attached hydrogen (secondary N) is 1. The molecule has 1 N–H and O–H groups in total. The van der Waals surface area contributed by atoms with E-state index in [-0.39, 0.29) is 6.79 Å². The van der Waals surface area contributed by atoms with Crippen LogP contribution in [0.1, 0.15) is 27.6 Å². The van der Waals surface area contributed by atoms with Crippen LogP contribution in [0.4, 0.5) is 0 Å². The van der Waals surface area contributed by atoms with Crippen LogP contribution in [0.3, 0.4) is 0 Å². The maximum Gasteiger partial charge on any atom is 0.328 e. The number of amides is 1. The fourth-order valence-electron chi connectivity index (χ4n) is 2.36. The van der Waals surface area contributed by atoms with Crippen LogP contribution in [-0.2, 0) is 9.53 Å². The van der Waals surface area contributed by atoms with E-state index in [0.29, 0.717) is 27.6 Å². The number of fused-ring (bicyclic) bond motifs is 1. The normalized spacial score (nSPS) is 13.0. The van der Waals surface area contributed by atoms with Crippen LogP contribution in [0, 0.1) is 0 Å². The molecule has 1 atom stereocenters. The monoisotopic (exact) mass is 389 g/mol. The molecule has 0 aromatic heterocycles. The molecule has 1 aliphatic rings. The Hall–Kier alpha value is -3.06. The van der Waals surface area contributed by atoms with Crippen LogP contribution in [0.25, 0.3) is 0 Å². The molecule has 0 bridgehead atoms. The molecule has 0 saturated heterocycles. The molecule has 0 spiro atoms. The first kappa shape index (κ1) is 18.7. The highest BCUT2D eigenvalue weighted by Crippen LogP contribution is 2.32. The van der Waals surface area contributed by atoms with Crippen LogP contribution >= 0.6 is 11.6 Å². The molecule has 1 heterocycles. The van der Waals surface area contributed by atoms with E-state index < -0.39 is 30.3 Å². The maximum absolute atomic E-state index is 12.2. The summed E-state index contributed by atoms with van der Waals surface area (Å²) in [4.78, 5) is 36.3. The van der Waals surface area contributed by atoms with Gasteiger partial charge in [0.1, 0.15) is 6.04 Å². The first-order valence-corrected chi connectivity index (χ1v) is 8.48. The molecule has 3 rings (SSSR count). The number of Topliss-reactive ketones (excluding diaryl/α,β-unsaturated/α-hetero) is 1. The fraction of sp³-hybridized carbons (Fsp3) is 0.211. The van der Waals surface area contributed by atoms with Gasteiger partial charge in [-0.25, -0.2) is 4.79 Å². The van der Waals surface area contributed by atoms with E-state index in [1.54, 1.807) is 36.4 Å². The van der Waals surface area contributed by atoms with Crippen molar-refractivity contribution in [1.29, 1.82) is 0 Å². The fourth-order valence-corrected chi connectivity index (χ4v) is 2.48. The smallest absolute Gasteiger partial charge is 0.328 e. The van der Waals surface area contributed by atoms with Gasteiger partial charge in [-0.05, 0) is 49.4 Å². The highest BCUT2D eigenvalue weighted by atomic mass is 35.5. The van der Waals surface area contributed by atoms with Crippen LogP contribution in [0.2, 0.25) is 5.02 Å². The number of halogens is 1. The van der Waals surface area contributed by atoms with Gasteiger partial charge in [-0.3, -0.25) is 9.59 Å². The quantitative estimate of drug-likeness (QED) is 0.603. The predicted octanol–water partition coefficient (Wildman–Crippen LogP) is 2.61. The number of esters is 1. The minimum absolute atomic E-state index is 0.104. The second-order valence-corrected chi connectivity index (χ2v) is 6.24. The molecular formula is C19H16ClNO6. The summed E-state index contributed by atoms with van der Waals surface area (Å²) < 4.78 is 15.4. The van der Waals surface area contributed by atoms with Gasteiger partial charge in [-0.1, -0.05) is 11.6 Å². The molecule has 27 heavy (non-hydrogen) atoms. The van der Waals surface area contributed by atoms with E-state index in [9.17, 15) is 14.4 Å². The van der Waals surface area contributed by atoms with E-state index in [2.05, 4.69) is 5.32 Å². The zero-order valence-corrected chi connectivity index (χ0v) is 15.1. The van der Waals surface area contributed by atoms with Gasteiger partial charge in [0.05, 0.1) is 0 Å². The topological polar surface area (TPSA) is 90.9 Å². The lowest BCUT2D eigenvalue weighted by molar-refractivity contribution is -0.144. The van der Waals surface area contributed by atoms with Gasteiger partial charge in [-0.2, -0.15) is 0 Å². The van der Waals surface area contributed by atoms with Crippen molar-refractivity contribution in [3.05, 3.63) is 58.6 Å². The summed E-state index contributed by atoms with van der Waals surface area (Å²) in [6.45, 7) is 1.13. The Labute approximate surface area is 160 Å². The SMILES string of the molecule is C[C@H](NC(=O)c1ccc(Cl)cc1)C(=O)OCC(=O)c1ccc2c(c1)OCO2. The molecule has 1 aliphatic heterocycles. The van der Waals surface area contributed by atoms with E-state index in [1.807, 2.05) is 0 Å². The van der Waals surface area contributed by atoms with Crippen molar-refractivity contribution in [3.8, 4) is 11.5 Å². The van der Waals surface area contributed by atoms with E-state index in [4.69, 9.17) is 25.8 Å². The second kappa shape index (κ2) is 8.09. The molecule has 0 unspecified atom stereocenters. The van der Waals surface area contributed by atoms with Crippen LogP contribution in [0.5, 0.6) is 11.5 Å². The van der Waals surface area contributed by atoms with Crippen molar-refractivity contribution in [2.75, 3.05) is 13.4 Å². The number of carbonyl (C=O) groups is 3. The van der Waals surface area contributed by atoms with Gasteiger partial charge >= 0.3 is 5.97 Å². The number of ketones is 1. The zero-order chi connectivity index (χ0) is 19.4. The Morgan fingerprint density at radius 1 is 1.07 bits per heavy atom. The average Bonchev–Trinajstić information content (AvgIpc) is 3.13. The zero-order valence-electron chi connectivity index (χ0n) is 14.4. The summed E-state index contributed by atoms with van der Waals surface area (Å²) in [6.07, 6.45) is 0. The van der Waals surface area contributed by atoms with E-state index in [0.717, 1.165) is 0 Å². The Kier molecular flexibility index (Phi) is 5.61. The lowest BCUT2D eigenvalue weighted by Crippen LogP contribution is -2.40. The van der Waals surface area contributed by atoms with Gasteiger partial charge in [0, 0.05) is 16.1 Å². The molecule has 2 aromatic rings. The molecule has 8 heteroatoms. The average molecular weight is 390 g/mol. The van der Waals surface area contributed by atoms with E-state index >= 15 is 0 Å². The first-order chi connectivity index (χ1) is 12.9. The van der Waals surface area contributed by atoms with Crippen molar-refractivity contribution < 1.29 is 28.6 Å². The van der Waals surface area contributed by atoms with E-state index in [1.165, 1.54) is 13.0 Å². The minimum atomic E-state index is -0.919. The third-order valence-corrected chi connectivity index (χ3v) is 4.10. The third-order valence-electron chi connectivity index (χ3n) is 3.85. The summed E-state index contributed by atoms with van der Waals surface area (Å²) in [5.74, 6) is -0.527. The van der Waals surface area contributed by atoms with Crippen LogP contribution in [-0.4, -0.2) is 37.1 Å². The Morgan fingerprint density at radius 2 is 1.74 bits per heavy atom. The lowest BCUT2D eigenvalue weighted by atomic mass is 10.1. The molecule has 1 amide bonds. The summed E-state index contributed by atoms with van der Waals surface area (Å²) in [5, 5.41) is 3.01. The summed E-state index contributed by atoms with van der Waals surface area (Å²) in [6, 6.07) is 10.0. The van der Waals surface area contributed by atoms with Gasteiger partial charge < -0.3 is 19.5 Å². The third kappa shape index (κ3) is 4.57. The molecule has 140 valence electrons. The predicted molar refractivity (Wildman–Crippen MR) is 96.2 cm³/mol. The van der Waals surface area contributed by atoms with Crippen LogP contribution in [0.15, 0.2) is 42.5 Å². The summed E-state index contributed by atoms with van der Waals surface area (Å²) in [7, 11) is 0.